The topological polar surface area (TPSA) is 66.5 Å². The van der Waals surface area contributed by atoms with Crippen LogP contribution in [0.5, 0.6) is 0 Å². The van der Waals surface area contributed by atoms with Gasteiger partial charge in [0, 0.05) is 21.7 Å². The maximum atomic E-state index is 13.3. The summed E-state index contributed by atoms with van der Waals surface area (Å²) in [5, 5.41) is 2.61. The number of rotatable bonds is 5. The summed E-state index contributed by atoms with van der Waals surface area (Å²) in [5.41, 5.74) is 0.567. The summed E-state index contributed by atoms with van der Waals surface area (Å²) in [7, 11) is -2.71. The summed E-state index contributed by atoms with van der Waals surface area (Å²) in [4.78, 5) is 11.9. The van der Waals surface area contributed by atoms with Crippen LogP contribution in [0.4, 0.5) is 10.1 Å². The first-order valence-electron chi connectivity index (χ1n) is 6.67. The molecule has 0 aliphatic heterocycles. The van der Waals surface area contributed by atoms with E-state index in [2.05, 4.69) is 37.2 Å². The van der Waals surface area contributed by atoms with E-state index in [-0.39, 0.29) is 20.4 Å². The van der Waals surface area contributed by atoms with Gasteiger partial charge in [-0.05, 0) is 56.1 Å². The summed E-state index contributed by atoms with van der Waals surface area (Å²) >= 11 is 6.09. The Morgan fingerprint density at radius 2 is 1.71 bits per heavy atom. The van der Waals surface area contributed by atoms with Gasteiger partial charge in [-0.2, -0.15) is 4.31 Å². The van der Waals surface area contributed by atoms with Crippen LogP contribution in [-0.4, -0.2) is 32.2 Å². The van der Waals surface area contributed by atoms with E-state index in [1.54, 1.807) is 30.3 Å². The Morgan fingerprint density at radius 1 is 1.17 bits per heavy atom. The van der Waals surface area contributed by atoms with E-state index in [0.717, 1.165) is 16.4 Å². The highest BCUT2D eigenvalue weighted by molar-refractivity contribution is 9.11. The molecule has 2 rings (SSSR count). The molecule has 2 aromatic rings. The van der Waals surface area contributed by atoms with Crippen LogP contribution in [0.2, 0.25) is 0 Å². The van der Waals surface area contributed by atoms with E-state index in [9.17, 15) is 17.6 Å². The molecular formula is C15H13Br2FN2O3S. The number of para-hydroxylation sites is 1. The van der Waals surface area contributed by atoms with Crippen LogP contribution in [-0.2, 0) is 14.8 Å². The SMILES string of the molecule is CN(CC(=O)Nc1ccccc1)S(=O)(=O)c1c(Br)cc(F)cc1Br. The van der Waals surface area contributed by atoms with Gasteiger partial charge in [0.2, 0.25) is 15.9 Å². The first-order valence-corrected chi connectivity index (χ1v) is 9.70. The van der Waals surface area contributed by atoms with Gasteiger partial charge in [-0.25, -0.2) is 12.8 Å². The summed E-state index contributed by atoms with van der Waals surface area (Å²) in [5.74, 6) is -1.07. The Bertz CT molecular complexity index is 837. The van der Waals surface area contributed by atoms with Crippen LogP contribution in [0.15, 0.2) is 56.3 Å². The number of amides is 1. The van der Waals surface area contributed by atoms with Crippen molar-refractivity contribution in [3.63, 3.8) is 0 Å². The molecule has 24 heavy (non-hydrogen) atoms. The minimum absolute atomic E-state index is 0.0738. The van der Waals surface area contributed by atoms with E-state index in [1.807, 2.05) is 0 Å². The third-order valence-electron chi connectivity index (χ3n) is 3.06. The largest absolute Gasteiger partial charge is 0.325 e. The third kappa shape index (κ3) is 4.41. The Balaban J connectivity index is 2.19. The van der Waals surface area contributed by atoms with Crippen molar-refractivity contribution < 1.29 is 17.6 Å². The van der Waals surface area contributed by atoms with Crippen LogP contribution in [0, 0.1) is 5.82 Å². The number of carbonyl (C=O) groups is 1. The van der Waals surface area contributed by atoms with Gasteiger partial charge in [-0.15, -0.1) is 0 Å². The molecule has 0 atom stereocenters. The Morgan fingerprint density at radius 3 is 2.25 bits per heavy atom. The fourth-order valence-electron chi connectivity index (χ4n) is 1.94. The van der Waals surface area contributed by atoms with Gasteiger partial charge >= 0.3 is 0 Å². The molecule has 5 nitrogen and oxygen atoms in total. The zero-order chi connectivity index (χ0) is 17.9. The maximum Gasteiger partial charge on any atom is 0.245 e. The van der Waals surface area contributed by atoms with E-state index in [1.165, 1.54) is 7.05 Å². The number of benzene rings is 2. The highest BCUT2D eigenvalue weighted by atomic mass is 79.9. The molecule has 2 aromatic carbocycles. The van der Waals surface area contributed by atoms with Crippen LogP contribution >= 0.6 is 31.9 Å². The summed E-state index contributed by atoms with van der Waals surface area (Å²) in [6.45, 7) is -0.381. The lowest BCUT2D eigenvalue weighted by Crippen LogP contribution is -2.35. The molecule has 0 fully saturated rings. The average Bonchev–Trinajstić information content (AvgIpc) is 2.46. The minimum Gasteiger partial charge on any atom is -0.325 e. The first-order chi connectivity index (χ1) is 11.2. The van der Waals surface area contributed by atoms with Crippen molar-refractivity contribution in [2.45, 2.75) is 4.90 Å². The predicted molar refractivity (Wildman–Crippen MR) is 96.7 cm³/mol. The van der Waals surface area contributed by atoms with Gasteiger partial charge < -0.3 is 5.32 Å². The van der Waals surface area contributed by atoms with Gasteiger partial charge in [0.05, 0.1) is 6.54 Å². The fraction of sp³-hybridized carbons (Fsp3) is 0.133. The Hall–Kier alpha value is -1.29. The molecule has 0 aromatic heterocycles. The molecule has 0 aliphatic rings. The number of hydrogen-bond acceptors (Lipinski definition) is 3. The lowest BCUT2D eigenvalue weighted by molar-refractivity contribution is -0.116. The number of sulfonamides is 1. The van der Waals surface area contributed by atoms with Crippen molar-refractivity contribution in [1.82, 2.24) is 4.31 Å². The van der Waals surface area contributed by atoms with Gasteiger partial charge in [0.15, 0.2) is 0 Å². The molecule has 0 heterocycles. The Labute approximate surface area is 156 Å². The molecule has 128 valence electrons. The molecule has 0 spiro atoms. The number of carbonyl (C=O) groups excluding carboxylic acids is 1. The molecule has 0 saturated heterocycles. The summed E-state index contributed by atoms with van der Waals surface area (Å²) in [6, 6.07) is 10.8. The van der Waals surface area contributed by atoms with E-state index >= 15 is 0 Å². The second kappa shape index (κ2) is 7.73. The van der Waals surface area contributed by atoms with Gasteiger partial charge in [0.1, 0.15) is 10.7 Å². The van der Waals surface area contributed by atoms with Crippen molar-refractivity contribution in [3.05, 3.63) is 57.2 Å². The van der Waals surface area contributed by atoms with Crippen molar-refractivity contribution >= 4 is 53.5 Å². The van der Waals surface area contributed by atoms with Crippen LogP contribution in [0.25, 0.3) is 0 Å². The number of anilines is 1. The highest BCUT2D eigenvalue weighted by Gasteiger charge is 2.28. The smallest absolute Gasteiger partial charge is 0.245 e. The monoisotopic (exact) mass is 478 g/mol. The van der Waals surface area contributed by atoms with Gasteiger partial charge in [-0.1, -0.05) is 18.2 Å². The zero-order valence-corrected chi connectivity index (χ0v) is 16.5. The predicted octanol–water partition coefficient (Wildman–Crippen LogP) is 3.61. The van der Waals surface area contributed by atoms with Crippen LogP contribution < -0.4 is 5.32 Å². The standard InChI is InChI=1S/C15H13Br2FN2O3S/c1-20(9-14(21)19-11-5-3-2-4-6-11)24(22,23)15-12(16)7-10(18)8-13(15)17/h2-8H,9H2,1H3,(H,19,21). The molecule has 0 bridgehead atoms. The maximum absolute atomic E-state index is 13.3. The molecule has 1 amide bonds. The molecule has 0 unspecified atom stereocenters. The quantitative estimate of drug-likeness (QED) is 0.712. The second-order valence-electron chi connectivity index (χ2n) is 4.87. The summed E-state index contributed by atoms with van der Waals surface area (Å²) < 4.78 is 39.6. The lowest BCUT2D eigenvalue weighted by atomic mass is 10.3. The fourth-order valence-corrected chi connectivity index (χ4v) is 5.51. The van der Waals surface area contributed by atoms with Crippen molar-refractivity contribution in [3.8, 4) is 0 Å². The van der Waals surface area contributed by atoms with E-state index < -0.39 is 21.7 Å². The molecule has 1 N–H and O–H groups in total. The number of nitrogens with zero attached hydrogens (tertiary/aromatic N) is 1. The van der Waals surface area contributed by atoms with Crippen molar-refractivity contribution in [1.29, 1.82) is 0 Å². The van der Waals surface area contributed by atoms with Gasteiger partial charge in [0.25, 0.3) is 0 Å². The van der Waals surface area contributed by atoms with Gasteiger partial charge in [-0.3, -0.25) is 4.79 Å². The normalized spacial score (nSPS) is 11.5. The lowest BCUT2D eigenvalue weighted by Gasteiger charge is -2.19. The van der Waals surface area contributed by atoms with Crippen molar-refractivity contribution in [2.24, 2.45) is 0 Å². The third-order valence-corrected chi connectivity index (χ3v) is 6.74. The molecular weight excluding hydrogens is 467 g/mol. The van der Waals surface area contributed by atoms with Crippen LogP contribution in [0.1, 0.15) is 0 Å². The number of nitrogens with one attached hydrogen (secondary N) is 1. The summed E-state index contributed by atoms with van der Waals surface area (Å²) in [6.07, 6.45) is 0. The Kier molecular flexibility index (Phi) is 6.13. The number of halogens is 3. The minimum atomic E-state index is -3.99. The molecule has 9 heteroatoms. The molecule has 0 radical (unpaired) electrons. The average molecular weight is 480 g/mol. The number of likely N-dealkylation sites (N-methyl/N-ethyl adjacent to an activating group) is 1. The highest BCUT2D eigenvalue weighted by Crippen LogP contribution is 2.32. The molecule has 0 aliphatic carbocycles. The van der Waals surface area contributed by atoms with E-state index in [0.29, 0.717) is 5.69 Å². The molecule has 0 saturated carbocycles. The first kappa shape index (κ1) is 19.0. The number of hydrogen-bond donors (Lipinski definition) is 1. The zero-order valence-electron chi connectivity index (χ0n) is 12.5. The van der Waals surface area contributed by atoms with E-state index in [4.69, 9.17) is 0 Å². The second-order valence-corrected chi connectivity index (χ2v) is 8.56. The van der Waals surface area contributed by atoms with Crippen LogP contribution in [0.3, 0.4) is 0 Å². The van der Waals surface area contributed by atoms with Crippen molar-refractivity contribution in [2.75, 3.05) is 18.9 Å².